The average Bonchev–Trinajstić information content (AvgIpc) is 2.30. The van der Waals surface area contributed by atoms with Gasteiger partial charge in [-0.3, -0.25) is 0 Å². The molecule has 2 rings (SSSR count). The fourth-order valence-electron chi connectivity index (χ4n) is 2.24. The smallest absolute Gasteiger partial charge is 0.0465 e. The fraction of sp³-hybridized carbons (Fsp3) is 0.538. The van der Waals surface area contributed by atoms with Gasteiger partial charge in [0.25, 0.3) is 0 Å². The van der Waals surface area contributed by atoms with E-state index in [9.17, 15) is 0 Å². The molecule has 1 fully saturated rings. The van der Waals surface area contributed by atoms with Crippen LogP contribution >= 0.6 is 23.2 Å². The first-order chi connectivity index (χ1) is 8.15. The zero-order valence-corrected chi connectivity index (χ0v) is 11.3. The molecule has 0 aromatic heterocycles. The minimum atomic E-state index is 0.396. The SMILES string of the molecule is NC1CCC(NCc2ccc(Cl)cc2Cl)CC1. The van der Waals surface area contributed by atoms with E-state index in [1.54, 1.807) is 6.07 Å². The van der Waals surface area contributed by atoms with Crippen LogP contribution in [0.1, 0.15) is 31.2 Å². The van der Waals surface area contributed by atoms with Crippen molar-refractivity contribution in [2.75, 3.05) is 0 Å². The van der Waals surface area contributed by atoms with E-state index in [1.165, 1.54) is 0 Å². The van der Waals surface area contributed by atoms with Crippen LogP contribution < -0.4 is 11.1 Å². The predicted octanol–water partition coefficient (Wildman–Crippen LogP) is 3.35. The summed E-state index contributed by atoms with van der Waals surface area (Å²) < 4.78 is 0. The molecule has 0 spiro atoms. The van der Waals surface area contributed by atoms with Gasteiger partial charge in [-0.05, 0) is 43.4 Å². The molecule has 1 aliphatic rings. The number of nitrogens with one attached hydrogen (secondary N) is 1. The molecule has 4 heteroatoms. The minimum Gasteiger partial charge on any atom is -0.328 e. The standard InChI is InChI=1S/C13H18Cl2N2/c14-10-2-1-9(13(15)7-10)8-17-12-5-3-11(16)4-6-12/h1-2,7,11-12,17H,3-6,8,16H2. The summed E-state index contributed by atoms with van der Waals surface area (Å²) in [5, 5.41) is 4.95. The van der Waals surface area contributed by atoms with Crippen molar-refractivity contribution in [2.24, 2.45) is 5.73 Å². The summed E-state index contributed by atoms with van der Waals surface area (Å²) in [7, 11) is 0. The van der Waals surface area contributed by atoms with Gasteiger partial charge in [0.2, 0.25) is 0 Å². The third kappa shape index (κ3) is 3.85. The molecule has 0 radical (unpaired) electrons. The van der Waals surface area contributed by atoms with E-state index >= 15 is 0 Å². The van der Waals surface area contributed by atoms with Crippen LogP contribution in [0, 0.1) is 0 Å². The number of rotatable bonds is 3. The van der Waals surface area contributed by atoms with Crippen molar-refractivity contribution in [2.45, 2.75) is 44.3 Å². The molecule has 0 saturated heterocycles. The molecule has 1 aromatic carbocycles. The highest BCUT2D eigenvalue weighted by Crippen LogP contribution is 2.22. The zero-order chi connectivity index (χ0) is 12.3. The highest BCUT2D eigenvalue weighted by molar-refractivity contribution is 6.35. The minimum absolute atomic E-state index is 0.396. The van der Waals surface area contributed by atoms with E-state index in [0.29, 0.717) is 17.1 Å². The number of nitrogens with two attached hydrogens (primary N) is 1. The normalized spacial score (nSPS) is 24.9. The van der Waals surface area contributed by atoms with Crippen molar-refractivity contribution < 1.29 is 0 Å². The van der Waals surface area contributed by atoms with Crippen LogP contribution in [-0.4, -0.2) is 12.1 Å². The van der Waals surface area contributed by atoms with Gasteiger partial charge in [-0.1, -0.05) is 29.3 Å². The van der Waals surface area contributed by atoms with Crippen molar-refractivity contribution >= 4 is 23.2 Å². The van der Waals surface area contributed by atoms with E-state index < -0.39 is 0 Å². The first-order valence-electron chi connectivity index (χ1n) is 6.08. The summed E-state index contributed by atoms with van der Waals surface area (Å²) in [4.78, 5) is 0. The van der Waals surface area contributed by atoms with E-state index in [4.69, 9.17) is 28.9 Å². The second kappa shape index (κ2) is 6.05. The van der Waals surface area contributed by atoms with Crippen molar-refractivity contribution in [1.29, 1.82) is 0 Å². The highest BCUT2D eigenvalue weighted by Gasteiger charge is 2.17. The van der Waals surface area contributed by atoms with Crippen LogP contribution in [-0.2, 0) is 6.54 Å². The van der Waals surface area contributed by atoms with Crippen LogP contribution in [0.15, 0.2) is 18.2 Å². The molecule has 17 heavy (non-hydrogen) atoms. The van der Waals surface area contributed by atoms with Crippen molar-refractivity contribution in [3.05, 3.63) is 33.8 Å². The second-order valence-corrected chi connectivity index (χ2v) is 5.57. The Morgan fingerprint density at radius 3 is 2.53 bits per heavy atom. The molecule has 1 aliphatic carbocycles. The van der Waals surface area contributed by atoms with Gasteiger partial charge in [-0.25, -0.2) is 0 Å². The zero-order valence-electron chi connectivity index (χ0n) is 9.76. The molecule has 0 aliphatic heterocycles. The molecule has 0 bridgehead atoms. The molecule has 94 valence electrons. The quantitative estimate of drug-likeness (QED) is 0.886. The molecule has 0 atom stereocenters. The summed E-state index contributed by atoms with van der Waals surface area (Å²) in [5.41, 5.74) is 6.98. The van der Waals surface area contributed by atoms with Crippen molar-refractivity contribution in [1.82, 2.24) is 5.32 Å². The summed E-state index contributed by atoms with van der Waals surface area (Å²) in [6.07, 6.45) is 4.55. The summed E-state index contributed by atoms with van der Waals surface area (Å²) in [6, 6.07) is 6.61. The Labute approximate surface area is 112 Å². The molecule has 3 N–H and O–H groups in total. The lowest BCUT2D eigenvalue weighted by atomic mass is 9.92. The maximum atomic E-state index is 6.13. The largest absolute Gasteiger partial charge is 0.328 e. The van der Waals surface area contributed by atoms with E-state index in [-0.39, 0.29) is 0 Å². The van der Waals surface area contributed by atoms with Crippen molar-refractivity contribution in [3.63, 3.8) is 0 Å². The first kappa shape index (κ1) is 13.2. The summed E-state index contributed by atoms with van der Waals surface area (Å²) in [5.74, 6) is 0. The van der Waals surface area contributed by atoms with Crippen LogP contribution in [0.4, 0.5) is 0 Å². The molecule has 0 heterocycles. The van der Waals surface area contributed by atoms with Gasteiger partial charge >= 0.3 is 0 Å². The Bertz CT molecular complexity index is 374. The van der Waals surface area contributed by atoms with Crippen LogP contribution in [0.2, 0.25) is 10.0 Å². The first-order valence-corrected chi connectivity index (χ1v) is 6.83. The van der Waals surface area contributed by atoms with Crippen molar-refractivity contribution in [3.8, 4) is 0 Å². The Morgan fingerprint density at radius 1 is 1.18 bits per heavy atom. The van der Waals surface area contributed by atoms with E-state index in [1.807, 2.05) is 12.1 Å². The van der Waals surface area contributed by atoms with Crippen LogP contribution in [0.3, 0.4) is 0 Å². The Hall–Kier alpha value is -0.280. The molecule has 2 nitrogen and oxygen atoms in total. The van der Waals surface area contributed by atoms with Gasteiger partial charge in [0.15, 0.2) is 0 Å². The van der Waals surface area contributed by atoms with Gasteiger partial charge in [0.05, 0.1) is 0 Å². The maximum absolute atomic E-state index is 6.13. The van der Waals surface area contributed by atoms with Crippen LogP contribution in [0.25, 0.3) is 0 Å². The van der Waals surface area contributed by atoms with Gasteiger partial charge in [0, 0.05) is 28.7 Å². The highest BCUT2D eigenvalue weighted by atomic mass is 35.5. The van der Waals surface area contributed by atoms with Gasteiger partial charge < -0.3 is 11.1 Å². The summed E-state index contributed by atoms with van der Waals surface area (Å²) in [6.45, 7) is 0.801. The molecule has 1 saturated carbocycles. The van der Waals surface area contributed by atoms with Gasteiger partial charge in [0.1, 0.15) is 0 Å². The average molecular weight is 273 g/mol. The molecule has 0 unspecified atom stereocenters. The van der Waals surface area contributed by atoms with Crippen LogP contribution in [0.5, 0.6) is 0 Å². The predicted molar refractivity (Wildman–Crippen MR) is 73.5 cm³/mol. The van der Waals surface area contributed by atoms with Gasteiger partial charge in [-0.15, -0.1) is 0 Å². The molecular formula is C13H18Cl2N2. The monoisotopic (exact) mass is 272 g/mol. The summed E-state index contributed by atoms with van der Waals surface area (Å²) >= 11 is 12.0. The molecule has 1 aromatic rings. The Kier molecular flexibility index (Phi) is 4.69. The lowest BCUT2D eigenvalue weighted by molar-refractivity contribution is 0.342. The van der Waals surface area contributed by atoms with E-state index in [2.05, 4.69) is 5.32 Å². The Balaban J connectivity index is 1.85. The maximum Gasteiger partial charge on any atom is 0.0465 e. The number of halogens is 2. The topological polar surface area (TPSA) is 38.0 Å². The second-order valence-electron chi connectivity index (χ2n) is 4.73. The number of benzene rings is 1. The third-order valence-electron chi connectivity index (χ3n) is 3.37. The van der Waals surface area contributed by atoms with Gasteiger partial charge in [-0.2, -0.15) is 0 Å². The fourth-order valence-corrected chi connectivity index (χ4v) is 2.72. The molecule has 0 amide bonds. The number of hydrogen-bond donors (Lipinski definition) is 2. The lowest BCUT2D eigenvalue weighted by Gasteiger charge is -2.27. The number of hydrogen-bond acceptors (Lipinski definition) is 2. The lowest BCUT2D eigenvalue weighted by Crippen LogP contribution is -2.37. The third-order valence-corrected chi connectivity index (χ3v) is 3.96. The van der Waals surface area contributed by atoms with E-state index in [0.717, 1.165) is 42.8 Å². The Morgan fingerprint density at radius 2 is 1.88 bits per heavy atom. The molecular weight excluding hydrogens is 255 g/mol.